The SMILES string of the molecule is CC(c1ccc(Cl)cc1Cl)N(C)C(=O)c1cccc(OCC(N)=O)c1. The molecule has 2 N–H and O–H groups in total. The predicted octanol–water partition coefficient (Wildman–Crippen LogP) is 3.69. The Labute approximate surface area is 156 Å². The van der Waals surface area contributed by atoms with E-state index in [1.54, 1.807) is 54.4 Å². The highest BCUT2D eigenvalue weighted by molar-refractivity contribution is 6.35. The first-order valence-electron chi connectivity index (χ1n) is 7.53. The lowest BCUT2D eigenvalue weighted by Gasteiger charge is -2.26. The second-order valence-electron chi connectivity index (χ2n) is 5.54. The summed E-state index contributed by atoms with van der Waals surface area (Å²) in [5, 5.41) is 1.03. The average Bonchev–Trinajstić information content (AvgIpc) is 2.58. The quantitative estimate of drug-likeness (QED) is 0.830. The molecule has 0 fully saturated rings. The summed E-state index contributed by atoms with van der Waals surface area (Å²) in [6.45, 7) is 1.63. The van der Waals surface area contributed by atoms with E-state index >= 15 is 0 Å². The number of carbonyl (C=O) groups is 2. The standard InChI is InChI=1S/C18H18Cl2N2O3/c1-11(15-7-6-13(19)9-16(15)20)22(2)18(24)12-4-3-5-14(8-12)25-10-17(21)23/h3-9,11H,10H2,1-2H3,(H2,21,23). The van der Waals surface area contributed by atoms with Crippen LogP contribution in [0.4, 0.5) is 0 Å². The number of benzene rings is 2. The number of halogens is 2. The Balaban J connectivity index is 2.18. The molecule has 5 nitrogen and oxygen atoms in total. The number of primary amides is 1. The van der Waals surface area contributed by atoms with Crippen molar-refractivity contribution in [3.63, 3.8) is 0 Å². The van der Waals surface area contributed by atoms with Gasteiger partial charge in [0.2, 0.25) is 0 Å². The lowest BCUT2D eigenvalue weighted by atomic mass is 10.1. The van der Waals surface area contributed by atoms with E-state index in [1.165, 1.54) is 0 Å². The summed E-state index contributed by atoms with van der Waals surface area (Å²) in [5.41, 5.74) is 6.28. The van der Waals surface area contributed by atoms with Crippen molar-refractivity contribution in [2.75, 3.05) is 13.7 Å². The second-order valence-corrected chi connectivity index (χ2v) is 6.38. The first-order valence-corrected chi connectivity index (χ1v) is 8.28. The van der Waals surface area contributed by atoms with E-state index in [1.807, 2.05) is 6.92 Å². The summed E-state index contributed by atoms with van der Waals surface area (Å²) >= 11 is 12.1. The molecule has 7 heteroatoms. The Kier molecular flexibility index (Phi) is 6.28. The highest BCUT2D eigenvalue weighted by atomic mass is 35.5. The maximum absolute atomic E-state index is 12.7. The average molecular weight is 381 g/mol. The highest BCUT2D eigenvalue weighted by Gasteiger charge is 2.21. The van der Waals surface area contributed by atoms with Gasteiger partial charge in [-0.3, -0.25) is 9.59 Å². The molecular formula is C18H18Cl2N2O3. The van der Waals surface area contributed by atoms with Crippen molar-refractivity contribution >= 4 is 35.0 Å². The highest BCUT2D eigenvalue weighted by Crippen LogP contribution is 2.30. The van der Waals surface area contributed by atoms with Gasteiger partial charge in [-0.25, -0.2) is 0 Å². The summed E-state index contributed by atoms with van der Waals surface area (Å²) in [5.74, 6) is -0.391. The normalized spacial score (nSPS) is 11.7. The van der Waals surface area contributed by atoms with Gasteiger partial charge in [-0.1, -0.05) is 35.3 Å². The minimum Gasteiger partial charge on any atom is -0.484 e. The molecule has 0 aliphatic carbocycles. The van der Waals surface area contributed by atoms with Crippen LogP contribution >= 0.6 is 23.2 Å². The zero-order valence-electron chi connectivity index (χ0n) is 13.8. The van der Waals surface area contributed by atoms with Gasteiger partial charge in [-0.15, -0.1) is 0 Å². The molecule has 0 spiro atoms. The van der Waals surface area contributed by atoms with Gasteiger partial charge in [0.1, 0.15) is 5.75 Å². The number of ether oxygens (including phenoxy) is 1. The van der Waals surface area contributed by atoms with Crippen LogP contribution in [0.25, 0.3) is 0 Å². The molecule has 0 bridgehead atoms. The van der Waals surface area contributed by atoms with Crippen molar-refractivity contribution in [1.29, 1.82) is 0 Å². The number of nitrogens with two attached hydrogens (primary N) is 1. The van der Waals surface area contributed by atoms with Gasteiger partial charge in [0.15, 0.2) is 6.61 Å². The van der Waals surface area contributed by atoms with E-state index in [0.717, 1.165) is 5.56 Å². The number of amides is 2. The summed E-state index contributed by atoms with van der Waals surface area (Å²) in [6.07, 6.45) is 0. The van der Waals surface area contributed by atoms with Crippen molar-refractivity contribution in [2.45, 2.75) is 13.0 Å². The molecule has 25 heavy (non-hydrogen) atoms. The maximum Gasteiger partial charge on any atom is 0.255 e. The number of hydrogen-bond donors (Lipinski definition) is 1. The Bertz CT molecular complexity index is 796. The van der Waals surface area contributed by atoms with Gasteiger partial charge in [-0.05, 0) is 42.8 Å². The van der Waals surface area contributed by atoms with Crippen molar-refractivity contribution in [3.05, 3.63) is 63.6 Å². The predicted molar refractivity (Wildman–Crippen MR) is 98.1 cm³/mol. The van der Waals surface area contributed by atoms with E-state index < -0.39 is 5.91 Å². The largest absolute Gasteiger partial charge is 0.484 e. The molecule has 2 aromatic carbocycles. The molecule has 0 radical (unpaired) electrons. The monoisotopic (exact) mass is 380 g/mol. The Morgan fingerprint density at radius 3 is 2.56 bits per heavy atom. The zero-order valence-corrected chi connectivity index (χ0v) is 15.3. The summed E-state index contributed by atoms with van der Waals surface area (Å²) < 4.78 is 5.23. The Hall–Kier alpha value is -2.24. The third-order valence-electron chi connectivity index (χ3n) is 3.78. The molecule has 0 saturated heterocycles. The Morgan fingerprint density at radius 2 is 1.92 bits per heavy atom. The smallest absolute Gasteiger partial charge is 0.255 e. The molecule has 132 valence electrons. The number of nitrogens with zero attached hydrogens (tertiary/aromatic N) is 1. The van der Waals surface area contributed by atoms with Crippen molar-refractivity contribution in [3.8, 4) is 5.75 Å². The lowest BCUT2D eigenvalue weighted by molar-refractivity contribution is -0.119. The number of hydrogen-bond acceptors (Lipinski definition) is 3. The maximum atomic E-state index is 12.7. The van der Waals surface area contributed by atoms with Crippen LogP contribution in [-0.4, -0.2) is 30.4 Å². The van der Waals surface area contributed by atoms with Gasteiger partial charge in [-0.2, -0.15) is 0 Å². The van der Waals surface area contributed by atoms with Crippen LogP contribution < -0.4 is 10.5 Å². The van der Waals surface area contributed by atoms with E-state index in [2.05, 4.69) is 0 Å². The summed E-state index contributed by atoms with van der Waals surface area (Å²) in [7, 11) is 1.69. The molecule has 0 aliphatic heterocycles. The third kappa shape index (κ3) is 4.87. The van der Waals surface area contributed by atoms with Crippen molar-refractivity contribution < 1.29 is 14.3 Å². The molecule has 2 aromatic rings. The molecule has 1 atom stereocenters. The minimum absolute atomic E-state index is 0.206. The summed E-state index contributed by atoms with van der Waals surface area (Å²) in [6, 6.07) is 11.5. The molecule has 2 rings (SSSR count). The van der Waals surface area contributed by atoms with E-state index in [9.17, 15) is 9.59 Å². The van der Waals surface area contributed by atoms with E-state index in [4.69, 9.17) is 33.7 Å². The fraction of sp³-hybridized carbons (Fsp3) is 0.222. The topological polar surface area (TPSA) is 72.6 Å². The van der Waals surface area contributed by atoms with Gasteiger partial charge in [0.25, 0.3) is 11.8 Å². The van der Waals surface area contributed by atoms with Gasteiger partial charge in [0.05, 0.1) is 6.04 Å². The van der Waals surface area contributed by atoms with Crippen molar-refractivity contribution in [2.24, 2.45) is 5.73 Å². The number of carbonyl (C=O) groups excluding carboxylic acids is 2. The van der Waals surface area contributed by atoms with Crippen LogP contribution in [0.3, 0.4) is 0 Å². The van der Waals surface area contributed by atoms with Gasteiger partial charge in [0, 0.05) is 22.7 Å². The van der Waals surface area contributed by atoms with Crippen LogP contribution in [0, 0.1) is 0 Å². The van der Waals surface area contributed by atoms with Gasteiger partial charge >= 0.3 is 0 Å². The second kappa shape index (κ2) is 8.23. The number of rotatable bonds is 6. The molecule has 0 aromatic heterocycles. The molecule has 2 amide bonds. The van der Waals surface area contributed by atoms with Crippen LogP contribution in [0.5, 0.6) is 5.75 Å². The molecule has 0 heterocycles. The lowest BCUT2D eigenvalue weighted by Crippen LogP contribution is -2.29. The van der Waals surface area contributed by atoms with Crippen molar-refractivity contribution in [1.82, 2.24) is 4.90 Å². The third-order valence-corrected chi connectivity index (χ3v) is 4.34. The molecule has 1 unspecified atom stereocenters. The van der Waals surface area contributed by atoms with E-state index in [-0.39, 0.29) is 18.6 Å². The summed E-state index contributed by atoms with van der Waals surface area (Å²) in [4.78, 5) is 25.1. The molecular weight excluding hydrogens is 363 g/mol. The van der Waals surface area contributed by atoms with Crippen LogP contribution in [-0.2, 0) is 4.79 Å². The molecule has 0 aliphatic rings. The van der Waals surface area contributed by atoms with Crippen LogP contribution in [0.2, 0.25) is 10.0 Å². The van der Waals surface area contributed by atoms with Crippen LogP contribution in [0.15, 0.2) is 42.5 Å². The fourth-order valence-corrected chi connectivity index (χ4v) is 2.87. The Morgan fingerprint density at radius 1 is 1.20 bits per heavy atom. The first-order chi connectivity index (χ1) is 11.8. The van der Waals surface area contributed by atoms with E-state index in [0.29, 0.717) is 21.4 Å². The molecule has 0 saturated carbocycles. The zero-order chi connectivity index (χ0) is 18.6. The van der Waals surface area contributed by atoms with Crippen LogP contribution in [0.1, 0.15) is 28.9 Å². The van der Waals surface area contributed by atoms with Gasteiger partial charge < -0.3 is 15.4 Å². The first kappa shape index (κ1) is 19.1. The minimum atomic E-state index is -0.583. The fourth-order valence-electron chi connectivity index (χ4n) is 2.30.